The Hall–Kier alpha value is -1.51. The summed E-state index contributed by atoms with van der Waals surface area (Å²) in [6.45, 7) is 2.75. The Kier molecular flexibility index (Phi) is 2.90. The molecule has 2 N–H and O–H groups in total. The van der Waals surface area contributed by atoms with Gasteiger partial charge in [0.25, 0.3) is 0 Å². The van der Waals surface area contributed by atoms with Crippen LogP contribution >= 0.6 is 0 Å². The van der Waals surface area contributed by atoms with Gasteiger partial charge in [0.1, 0.15) is 5.75 Å². The molecule has 1 aromatic carbocycles. The molecule has 1 aromatic rings. The summed E-state index contributed by atoms with van der Waals surface area (Å²) in [5, 5.41) is 13.0. The fourth-order valence-electron chi connectivity index (χ4n) is 1.78. The molecule has 2 rings (SSSR count). The van der Waals surface area contributed by atoms with Crippen LogP contribution in [0, 0.1) is 6.92 Å². The van der Waals surface area contributed by atoms with Crippen molar-refractivity contribution in [3.05, 3.63) is 23.8 Å². The molecule has 0 aliphatic carbocycles. The van der Waals surface area contributed by atoms with E-state index in [0.29, 0.717) is 11.8 Å². The first-order valence-electron chi connectivity index (χ1n) is 5.31. The van der Waals surface area contributed by atoms with Gasteiger partial charge in [-0.05, 0) is 38.1 Å². The zero-order valence-electron chi connectivity index (χ0n) is 8.90. The van der Waals surface area contributed by atoms with Crippen LogP contribution in [0.15, 0.2) is 23.2 Å². The predicted molar refractivity (Wildman–Crippen MR) is 62.8 cm³/mol. The van der Waals surface area contributed by atoms with Gasteiger partial charge in [-0.25, -0.2) is 0 Å². The summed E-state index contributed by atoms with van der Waals surface area (Å²) in [5.74, 6) is 0.347. The lowest BCUT2D eigenvalue weighted by molar-refractivity contribution is 0.471. The number of phenolic OH excluding ortho intramolecular Hbond substituents is 1. The second-order valence-corrected chi connectivity index (χ2v) is 3.92. The summed E-state index contributed by atoms with van der Waals surface area (Å²) in [5.41, 5.74) is 1.92. The van der Waals surface area contributed by atoms with E-state index in [1.165, 1.54) is 0 Å². The van der Waals surface area contributed by atoms with Crippen molar-refractivity contribution in [2.24, 2.45) is 4.99 Å². The van der Waals surface area contributed by atoms with Gasteiger partial charge in [-0.1, -0.05) is 6.07 Å². The topological polar surface area (TPSA) is 44.6 Å². The molecule has 0 saturated carbocycles. The maximum absolute atomic E-state index is 9.56. The third kappa shape index (κ3) is 2.29. The molecule has 1 aliphatic rings. The molecular formula is C12H16N2O. The van der Waals surface area contributed by atoms with Gasteiger partial charge in [0, 0.05) is 17.3 Å². The fraction of sp³-hybridized carbons (Fsp3) is 0.417. The number of aromatic hydroxyl groups is 1. The minimum atomic E-state index is 0.347. The van der Waals surface area contributed by atoms with Crippen molar-refractivity contribution in [2.45, 2.75) is 25.8 Å². The molecule has 0 amide bonds. The standard InChI is InChI=1S/C12H16N2O/c1-9-11(5-2-6-12(9)15)14-10-4-3-7-13-8-10/h2,5-7,10,14-15H,3-4,8H2,1H3. The van der Waals surface area contributed by atoms with E-state index >= 15 is 0 Å². The number of nitrogens with one attached hydrogen (secondary N) is 1. The van der Waals surface area contributed by atoms with Crippen LogP contribution in [0.25, 0.3) is 0 Å². The van der Waals surface area contributed by atoms with E-state index in [-0.39, 0.29) is 0 Å². The lowest BCUT2D eigenvalue weighted by Crippen LogP contribution is -2.25. The summed E-state index contributed by atoms with van der Waals surface area (Å²) in [4.78, 5) is 4.26. The number of aliphatic imine (C=N–C) groups is 1. The summed E-state index contributed by atoms with van der Waals surface area (Å²) in [6.07, 6.45) is 4.13. The molecular weight excluding hydrogens is 188 g/mol. The summed E-state index contributed by atoms with van der Waals surface area (Å²) >= 11 is 0. The van der Waals surface area contributed by atoms with Crippen molar-refractivity contribution >= 4 is 11.9 Å². The zero-order chi connectivity index (χ0) is 10.7. The van der Waals surface area contributed by atoms with Crippen LogP contribution in [-0.2, 0) is 0 Å². The fourth-order valence-corrected chi connectivity index (χ4v) is 1.78. The second kappa shape index (κ2) is 4.34. The highest BCUT2D eigenvalue weighted by Gasteiger charge is 2.11. The number of hydrogen-bond donors (Lipinski definition) is 2. The Morgan fingerprint density at radius 2 is 2.33 bits per heavy atom. The third-order valence-corrected chi connectivity index (χ3v) is 2.76. The molecule has 3 nitrogen and oxygen atoms in total. The molecule has 1 heterocycles. The van der Waals surface area contributed by atoms with Gasteiger partial charge in [0.15, 0.2) is 0 Å². The summed E-state index contributed by atoms with van der Waals surface area (Å²) < 4.78 is 0. The van der Waals surface area contributed by atoms with Gasteiger partial charge in [0.05, 0.1) is 6.54 Å². The van der Waals surface area contributed by atoms with E-state index in [9.17, 15) is 5.11 Å². The Morgan fingerprint density at radius 3 is 3.07 bits per heavy atom. The smallest absolute Gasteiger partial charge is 0.120 e. The molecule has 0 radical (unpaired) electrons. The monoisotopic (exact) mass is 204 g/mol. The maximum atomic E-state index is 9.56. The minimum absolute atomic E-state index is 0.347. The lowest BCUT2D eigenvalue weighted by Gasteiger charge is -2.21. The maximum Gasteiger partial charge on any atom is 0.120 e. The molecule has 3 heteroatoms. The van der Waals surface area contributed by atoms with E-state index in [0.717, 1.165) is 30.6 Å². The molecule has 80 valence electrons. The quantitative estimate of drug-likeness (QED) is 0.776. The van der Waals surface area contributed by atoms with Crippen molar-refractivity contribution in [3.8, 4) is 5.75 Å². The van der Waals surface area contributed by atoms with Crippen molar-refractivity contribution in [1.29, 1.82) is 0 Å². The van der Waals surface area contributed by atoms with Crippen molar-refractivity contribution in [2.75, 3.05) is 11.9 Å². The van der Waals surface area contributed by atoms with E-state index in [2.05, 4.69) is 10.3 Å². The molecule has 0 aromatic heterocycles. The van der Waals surface area contributed by atoms with Crippen LogP contribution in [0.1, 0.15) is 18.4 Å². The number of rotatable bonds is 2. The van der Waals surface area contributed by atoms with Gasteiger partial charge in [-0.15, -0.1) is 0 Å². The second-order valence-electron chi connectivity index (χ2n) is 3.92. The number of phenols is 1. The Bertz CT molecular complexity index is 374. The number of nitrogens with zero attached hydrogens (tertiary/aromatic N) is 1. The molecule has 1 atom stereocenters. The number of benzene rings is 1. The first kappa shape index (κ1) is 10.0. The summed E-state index contributed by atoms with van der Waals surface area (Å²) in [6, 6.07) is 5.96. The van der Waals surface area contributed by atoms with E-state index in [4.69, 9.17) is 0 Å². The van der Waals surface area contributed by atoms with E-state index < -0.39 is 0 Å². The van der Waals surface area contributed by atoms with Crippen LogP contribution in [0.4, 0.5) is 5.69 Å². The SMILES string of the molecule is Cc1c(O)cccc1NC1CCC=NC1. The van der Waals surface area contributed by atoms with Crippen LogP contribution < -0.4 is 5.32 Å². The molecule has 1 aliphatic heterocycles. The van der Waals surface area contributed by atoms with E-state index in [1.54, 1.807) is 6.07 Å². The Morgan fingerprint density at radius 1 is 1.47 bits per heavy atom. The minimum Gasteiger partial charge on any atom is -0.508 e. The highest BCUT2D eigenvalue weighted by molar-refractivity contribution is 5.60. The predicted octanol–water partition coefficient (Wildman–Crippen LogP) is 2.35. The molecule has 0 bridgehead atoms. The van der Waals surface area contributed by atoms with Gasteiger partial charge in [0.2, 0.25) is 0 Å². The van der Waals surface area contributed by atoms with Crippen LogP contribution in [-0.4, -0.2) is 23.9 Å². The molecule has 0 spiro atoms. The Labute approximate surface area is 89.9 Å². The number of hydrogen-bond acceptors (Lipinski definition) is 3. The van der Waals surface area contributed by atoms with Gasteiger partial charge >= 0.3 is 0 Å². The molecule has 15 heavy (non-hydrogen) atoms. The largest absolute Gasteiger partial charge is 0.508 e. The Balaban J connectivity index is 2.10. The highest BCUT2D eigenvalue weighted by atomic mass is 16.3. The van der Waals surface area contributed by atoms with Crippen LogP contribution in [0.2, 0.25) is 0 Å². The van der Waals surface area contributed by atoms with E-state index in [1.807, 2.05) is 25.3 Å². The van der Waals surface area contributed by atoms with Crippen LogP contribution in [0.5, 0.6) is 5.75 Å². The summed E-state index contributed by atoms with van der Waals surface area (Å²) in [7, 11) is 0. The van der Waals surface area contributed by atoms with Crippen LogP contribution in [0.3, 0.4) is 0 Å². The van der Waals surface area contributed by atoms with Crippen molar-refractivity contribution < 1.29 is 5.11 Å². The average molecular weight is 204 g/mol. The third-order valence-electron chi connectivity index (χ3n) is 2.76. The molecule has 1 unspecified atom stereocenters. The van der Waals surface area contributed by atoms with Gasteiger partial charge in [-0.3, -0.25) is 4.99 Å². The van der Waals surface area contributed by atoms with Crippen molar-refractivity contribution in [3.63, 3.8) is 0 Å². The highest BCUT2D eigenvalue weighted by Crippen LogP contribution is 2.25. The van der Waals surface area contributed by atoms with Gasteiger partial charge in [-0.2, -0.15) is 0 Å². The first-order valence-corrected chi connectivity index (χ1v) is 5.31. The normalized spacial score (nSPS) is 20.2. The first-order chi connectivity index (χ1) is 7.27. The molecule has 0 fully saturated rings. The number of anilines is 1. The molecule has 0 saturated heterocycles. The lowest BCUT2D eigenvalue weighted by atomic mass is 10.1. The zero-order valence-corrected chi connectivity index (χ0v) is 8.90. The van der Waals surface area contributed by atoms with Crippen molar-refractivity contribution in [1.82, 2.24) is 0 Å². The van der Waals surface area contributed by atoms with Gasteiger partial charge < -0.3 is 10.4 Å². The average Bonchev–Trinajstić information content (AvgIpc) is 2.26.